The van der Waals surface area contributed by atoms with Crippen LogP contribution >= 0.6 is 0 Å². The van der Waals surface area contributed by atoms with Gasteiger partial charge in [0.15, 0.2) is 16.8 Å². The fraction of sp³-hybridized carbons (Fsp3) is 0.500. The number of aliphatic hydroxyl groups excluding tert-OH is 1. The van der Waals surface area contributed by atoms with E-state index in [1.165, 1.54) is 6.07 Å². The van der Waals surface area contributed by atoms with Crippen LogP contribution in [0.1, 0.15) is 25.2 Å². The number of benzene rings is 1. The maximum Gasteiger partial charge on any atom is 0.205 e. The van der Waals surface area contributed by atoms with Gasteiger partial charge in [0.25, 0.3) is 0 Å². The minimum atomic E-state index is -0.736. The molecule has 1 aliphatic rings. The highest BCUT2D eigenvalue weighted by Crippen LogP contribution is 2.47. The Morgan fingerprint density at radius 1 is 1.40 bits per heavy atom. The number of nitrogens with one attached hydrogen (secondary N) is 1. The highest BCUT2D eigenvalue weighted by Gasteiger charge is 2.29. The van der Waals surface area contributed by atoms with Gasteiger partial charge >= 0.3 is 0 Å². The van der Waals surface area contributed by atoms with Crippen LogP contribution in [0.5, 0.6) is 17.2 Å². The van der Waals surface area contributed by atoms with Gasteiger partial charge in [-0.25, -0.2) is 0 Å². The summed E-state index contributed by atoms with van der Waals surface area (Å²) < 4.78 is 17.0. The van der Waals surface area contributed by atoms with Crippen LogP contribution in [-0.2, 0) is 6.42 Å². The van der Waals surface area contributed by atoms with Crippen molar-refractivity contribution in [3.8, 4) is 17.2 Å². The van der Waals surface area contributed by atoms with Crippen molar-refractivity contribution in [3.63, 3.8) is 0 Å². The number of hydrogen-bond acceptors (Lipinski definition) is 7. The molecule has 25 heavy (non-hydrogen) atoms. The van der Waals surface area contributed by atoms with Gasteiger partial charge in [-0.2, -0.15) is 0 Å². The van der Waals surface area contributed by atoms with Gasteiger partial charge in [-0.1, -0.05) is 13.8 Å². The van der Waals surface area contributed by atoms with Gasteiger partial charge in [0.05, 0.1) is 6.61 Å². The number of phenols is 1. The van der Waals surface area contributed by atoms with E-state index in [1.54, 1.807) is 6.92 Å². The van der Waals surface area contributed by atoms with E-state index < -0.39 is 6.10 Å². The molecule has 0 amide bonds. The third-order valence-corrected chi connectivity index (χ3v) is 4.06. The van der Waals surface area contributed by atoms with E-state index in [9.17, 15) is 15.0 Å². The van der Waals surface area contributed by atoms with Crippen molar-refractivity contribution in [1.29, 1.82) is 0 Å². The molecule has 0 bridgehead atoms. The van der Waals surface area contributed by atoms with Crippen LogP contribution in [0, 0.1) is 6.92 Å². The zero-order valence-corrected chi connectivity index (χ0v) is 14.6. The van der Waals surface area contributed by atoms with Crippen LogP contribution in [0.3, 0.4) is 0 Å². The molecule has 1 aromatic carbocycles. The summed E-state index contributed by atoms with van der Waals surface area (Å²) in [6, 6.07) is 1.58. The minimum Gasteiger partial charge on any atom is -0.507 e. The van der Waals surface area contributed by atoms with Crippen LogP contribution in [0.15, 0.2) is 15.3 Å². The highest BCUT2D eigenvalue weighted by molar-refractivity contribution is 5.93. The molecule has 0 radical (unpaired) electrons. The molecule has 7 nitrogen and oxygen atoms in total. The lowest BCUT2D eigenvalue weighted by Gasteiger charge is -2.17. The SMILES string of the molecule is Cc1cc(=O)c2c(O)c3c(c(OCC(O)CNC(C)C)c2o1)OCC3. The lowest BCUT2D eigenvalue weighted by Crippen LogP contribution is -2.35. The first-order chi connectivity index (χ1) is 11.9. The molecule has 1 atom stereocenters. The molecule has 1 unspecified atom stereocenters. The lowest BCUT2D eigenvalue weighted by molar-refractivity contribution is 0.103. The molecule has 136 valence electrons. The molecular weight excluding hydrogens is 326 g/mol. The van der Waals surface area contributed by atoms with Crippen molar-refractivity contribution in [1.82, 2.24) is 5.32 Å². The van der Waals surface area contributed by atoms with E-state index in [-0.39, 0.29) is 40.5 Å². The molecule has 2 heterocycles. The number of ether oxygens (including phenoxy) is 2. The average Bonchev–Trinajstić information content (AvgIpc) is 3.01. The number of fused-ring (bicyclic) bond motifs is 2. The Bertz CT molecular complexity index is 842. The van der Waals surface area contributed by atoms with Gasteiger partial charge in [0, 0.05) is 30.6 Å². The van der Waals surface area contributed by atoms with Crippen molar-refractivity contribution in [2.45, 2.75) is 39.3 Å². The Hall–Kier alpha value is -2.25. The predicted octanol–water partition coefficient (Wildman–Crippen LogP) is 1.48. The largest absolute Gasteiger partial charge is 0.507 e. The summed E-state index contributed by atoms with van der Waals surface area (Å²) in [7, 11) is 0. The smallest absolute Gasteiger partial charge is 0.205 e. The normalized spacial score (nSPS) is 14.6. The van der Waals surface area contributed by atoms with E-state index in [2.05, 4.69) is 5.32 Å². The van der Waals surface area contributed by atoms with Crippen LogP contribution in [0.4, 0.5) is 0 Å². The van der Waals surface area contributed by atoms with Crippen LogP contribution in [-0.4, -0.2) is 42.1 Å². The predicted molar refractivity (Wildman–Crippen MR) is 92.7 cm³/mol. The van der Waals surface area contributed by atoms with E-state index in [1.807, 2.05) is 13.8 Å². The number of aromatic hydroxyl groups is 1. The summed E-state index contributed by atoms with van der Waals surface area (Å²) in [5.74, 6) is 0.916. The maximum absolute atomic E-state index is 12.3. The van der Waals surface area contributed by atoms with Crippen LogP contribution in [0.25, 0.3) is 11.0 Å². The third kappa shape index (κ3) is 3.43. The van der Waals surface area contributed by atoms with E-state index >= 15 is 0 Å². The van der Waals surface area contributed by atoms with Gasteiger partial charge in [-0.15, -0.1) is 0 Å². The summed E-state index contributed by atoms with van der Waals surface area (Å²) >= 11 is 0. The molecule has 1 aromatic heterocycles. The quantitative estimate of drug-likeness (QED) is 0.726. The van der Waals surface area contributed by atoms with E-state index in [0.717, 1.165) is 0 Å². The van der Waals surface area contributed by atoms with Crippen molar-refractivity contribution < 1.29 is 24.1 Å². The molecular formula is C18H23NO6. The number of phenolic OH excluding ortho intramolecular Hbond substituents is 1. The zero-order valence-electron chi connectivity index (χ0n) is 14.6. The molecule has 3 rings (SSSR count). The molecule has 0 spiro atoms. The topological polar surface area (TPSA) is 101 Å². The van der Waals surface area contributed by atoms with E-state index in [0.29, 0.717) is 36.6 Å². The Balaban J connectivity index is 1.99. The molecule has 7 heteroatoms. The first-order valence-corrected chi connectivity index (χ1v) is 8.37. The van der Waals surface area contributed by atoms with Gasteiger partial charge in [0.1, 0.15) is 29.6 Å². The second-order valence-corrected chi connectivity index (χ2v) is 6.54. The van der Waals surface area contributed by atoms with Crippen LogP contribution in [0.2, 0.25) is 0 Å². The first kappa shape index (κ1) is 17.6. The zero-order chi connectivity index (χ0) is 18.1. The van der Waals surface area contributed by atoms with E-state index in [4.69, 9.17) is 13.9 Å². The van der Waals surface area contributed by atoms with Gasteiger partial charge in [0.2, 0.25) is 5.75 Å². The second-order valence-electron chi connectivity index (χ2n) is 6.54. The maximum atomic E-state index is 12.3. The Kier molecular flexibility index (Phi) is 4.87. The Morgan fingerprint density at radius 2 is 2.16 bits per heavy atom. The lowest BCUT2D eigenvalue weighted by atomic mass is 10.1. The van der Waals surface area contributed by atoms with Crippen molar-refractivity contribution >= 4 is 11.0 Å². The summed E-state index contributed by atoms with van der Waals surface area (Å²) in [5, 5.41) is 23.7. The molecule has 3 N–H and O–H groups in total. The number of aliphatic hydroxyl groups is 1. The molecule has 0 fully saturated rings. The summed E-state index contributed by atoms with van der Waals surface area (Å²) in [4.78, 5) is 12.3. The van der Waals surface area contributed by atoms with Crippen molar-refractivity contribution in [3.05, 3.63) is 27.6 Å². The van der Waals surface area contributed by atoms with Gasteiger partial charge in [-0.05, 0) is 6.92 Å². The van der Waals surface area contributed by atoms with Gasteiger partial charge < -0.3 is 29.4 Å². The molecule has 0 aliphatic carbocycles. The summed E-state index contributed by atoms with van der Waals surface area (Å²) in [6.45, 7) is 6.39. The Morgan fingerprint density at radius 3 is 2.88 bits per heavy atom. The molecule has 0 saturated carbocycles. The first-order valence-electron chi connectivity index (χ1n) is 8.37. The fourth-order valence-corrected chi connectivity index (χ4v) is 2.87. The van der Waals surface area contributed by atoms with Gasteiger partial charge in [-0.3, -0.25) is 4.79 Å². The molecule has 2 aromatic rings. The summed E-state index contributed by atoms with van der Waals surface area (Å²) in [6.07, 6.45) is -0.252. The average molecular weight is 349 g/mol. The second kappa shape index (κ2) is 6.93. The molecule has 1 aliphatic heterocycles. The number of rotatable bonds is 6. The number of aryl methyl sites for hydroxylation is 1. The van der Waals surface area contributed by atoms with Crippen molar-refractivity contribution in [2.75, 3.05) is 19.8 Å². The Labute approximate surface area is 145 Å². The van der Waals surface area contributed by atoms with Crippen LogP contribution < -0.4 is 20.2 Å². The number of hydrogen-bond donors (Lipinski definition) is 3. The monoisotopic (exact) mass is 349 g/mol. The highest BCUT2D eigenvalue weighted by atomic mass is 16.5. The van der Waals surface area contributed by atoms with Crippen molar-refractivity contribution in [2.24, 2.45) is 0 Å². The molecule has 0 saturated heterocycles. The summed E-state index contributed by atoms with van der Waals surface area (Å²) in [5.41, 5.74) is 0.346. The minimum absolute atomic E-state index is 0.00699. The fourth-order valence-electron chi connectivity index (χ4n) is 2.87. The third-order valence-electron chi connectivity index (χ3n) is 4.06. The standard InChI is InChI=1S/C18H23NO6/c1-9(2)19-7-11(20)8-24-18-16-12(4-5-23-16)15(22)14-13(21)6-10(3)25-17(14)18/h6,9,11,19-20,22H,4-5,7-8H2,1-3H3.